The van der Waals surface area contributed by atoms with Gasteiger partial charge in [0, 0.05) is 6.54 Å². The molecule has 0 amide bonds. The zero-order valence-electron chi connectivity index (χ0n) is 11.4. The maximum atomic E-state index is 5.58. The van der Waals surface area contributed by atoms with Crippen LogP contribution >= 0.6 is 0 Å². The molecular formula is C14H23NO2. The van der Waals surface area contributed by atoms with Crippen molar-refractivity contribution < 1.29 is 9.57 Å². The van der Waals surface area contributed by atoms with E-state index >= 15 is 0 Å². The van der Waals surface area contributed by atoms with E-state index in [-0.39, 0.29) is 11.7 Å². The molecule has 0 bridgehead atoms. The van der Waals surface area contributed by atoms with Crippen molar-refractivity contribution in [3.8, 4) is 5.75 Å². The van der Waals surface area contributed by atoms with Crippen LogP contribution in [0, 0.1) is 0 Å². The van der Waals surface area contributed by atoms with Gasteiger partial charge in [-0.25, -0.2) is 0 Å². The Morgan fingerprint density at radius 1 is 1.12 bits per heavy atom. The van der Waals surface area contributed by atoms with Crippen LogP contribution in [0.15, 0.2) is 24.3 Å². The van der Waals surface area contributed by atoms with Crippen molar-refractivity contribution >= 4 is 0 Å². The Balaban J connectivity index is 2.40. The Morgan fingerprint density at radius 3 is 2.18 bits per heavy atom. The van der Waals surface area contributed by atoms with Gasteiger partial charge >= 0.3 is 0 Å². The molecule has 1 rings (SSSR count). The molecule has 0 aliphatic heterocycles. The minimum Gasteiger partial charge on any atom is -0.491 e. The van der Waals surface area contributed by atoms with Gasteiger partial charge in [-0.15, -0.1) is 0 Å². The summed E-state index contributed by atoms with van der Waals surface area (Å²) in [4.78, 5) is 5.45. The van der Waals surface area contributed by atoms with E-state index in [0.29, 0.717) is 6.54 Å². The van der Waals surface area contributed by atoms with E-state index < -0.39 is 0 Å². The average molecular weight is 237 g/mol. The Labute approximate surface area is 104 Å². The zero-order chi connectivity index (χ0) is 12.9. The molecule has 0 saturated heterocycles. The number of hydrogen-bond donors (Lipinski definition) is 1. The largest absolute Gasteiger partial charge is 0.491 e. The molecule has 3 heteroatoms. The van der Waals surface area contributed by atoms with E-state index in [1.54, 1.807) is 0 Å². The molecule has 1 N–H and O–H groups in total. The molecule has 0 unspecified atom stereocenters. The maximum absolute atomic E-state index is 5.58. The molecule has 0 saturated carbocycles. The molecule has 17 heavy (non-hydrogen) atoms. The molecule has 1 aromatic carbocycles. The molecule has 0 atom stereocenters. The SMILES string of the molecule is CC(C)Oc1ccc(CNOC(C)(C)C)cc1. The van der Waals surface area contributed by atoms with E-state index in [4.69, 9.17) is 9.57 Å². The van der Waals surface area contributed by atoms with Crippen molar-refractivity contribution in [2.24, 2.45) is 0 Å². The number of hydroxylamine groups is 1. The highest BCUT2D eigenvalue weighted by Crippen LogP contribution is 2.14. The first-order chi connectivity index (χ1) is 7.87. The first kappa shape index (κ1) is 14.0. The molecule has 0 aliphatic rings. The lowest BCUT2D eigenvalue weighted by Gasteiger charge is -2.19. The van der Waals surface area contributed by atoms with E-state index in [1.807, 2.05) is 58.9 Å². The minimum absolute atomic E-state index is 0.166. The molecular weight excluding hydrogens is 214 g/mol. The number of hydrogen-bond acceptors (Lipinski definition) is 3. The molecule has 0 heterocycles. The second kappa shape index (κ2) is 6.03. The van der Waals surface area contributed by atoms with Gasteiger partial charge in [0.05, 0.1) is 11.7 Å². The van der Waals surface area contributed by atoms with E-state index in [0.717, 1.165) is 5.75 Å². The Bertz CT molecular complexity index is 325. The van der Waals surface area contributed by atoms with E-state index in [9.17, 15) is 0 Å². The Hall–Kier alpha value is -1.06. The summed E-state index contributed by atoms with van der Waals surface area (Å²) in [6.07, 6.45) is 0.211. The summed E-state index contributed by atoms with van der Waals surface area (Å²) in [7, 11) is 0. The quantitative estimate of drug-likeness (QED) is 0.797. The van der Waals surface area contributed by atoms with Gasteiger partial charge in [0.2, 0.25) is 0 Å². The van der Waals surface area contributed by atoms with Crippen LogP contribution in [0.3, 0.4) is 0 Å². The van der Waals surface area contributed by atoms with Gasteiger partial charge in [0.25, 0.3) is 0 Å². The molecule has 0 spiro atoms. The number of ether oxygens (including phenoxy) is 1. The van der Waals surface area contributed by atoms with Crippen LogP contribution in [0.1, 0.15) is 40.2 Å². The van der Waals surface area contributed by atoms with Gasteiger partial charge < -0.3 is 4.74 Å². The fourth-order valence-electron chi connectivity index (χ4n) is 1.29. The molecule has 1 aromatic rings. The lowest BCUT2D eigenvalue weighted by atomic mass is 10.2. The highest BCUT2D eigenvalue weighted by molar-refractivity contribution is 5.27. The lowest BCUT2D eigenvalue weighted by Crippen LogP contribution is -2.28. The summed E-state index contributed by atoms with van der Waals surface area (Å²) < 4.78 is 5.58. The average Bonchev–Trinajstić information content (AvgIpc) is 2.18. The highest BCUT2D eigenvalue weighted by atomic mass is 16.7. The van der Waals surface area contributed by atoms with Crippen LogP contribution < -0.4 is 10.2 Å². The standard InChI is InChI=1S/C14H23NO2/c1-11(2)16-13-8-6-12(7-9-13)10-15-17-14(3,4)5/h6-9,11,15H,10H2,1-5H3. The van der Waals surface area contributed by atoms with Crippen molar-refractivity contribution in [3.63, 3.8) is 0 Å². The van der Waals surface area contributed by atoms with Crippen molar-refractivity contribution in [2.45, 2.75) is 52.9 Å². The van der Waals surface area contributed by atoms with Crippen LogP contribution in [0.4, 0.5) is 0 Å². The first-order valence-corrected chi connectivity index (χ1v) is 6.03. The van der Waals surface area contributed by atoms with Crippen LogP contribution in [0.25, 0.3) is 0 Å². The van der Waals surface area contributed by atoms with Crippen molar-refractivity contribution in [3.05, 3.63) is 29.8 Å². The van der Waals surface area contributed by atoms with Gasteiger partial charge in [-0.1, -0.05) is 12.1 Å². The Kier molecular flexibility index (Phi) is 4.97. The number of nitrogens with one attached hydrogen (secondary N) is 1. The van der Waals surface area contributed by atoms with Gasteiger partial charge in [-0.3, -0.25) is 4.84 Å². The monoisotopic (exact) mass is 237 g/mol. The summed E-state index contributed by atoms with van der Waals surface area (Å²) in [5.74, 6) is 0.903. The molecule has 96 valence electrons. The third-order valence-electron chi connectivity index (χ3n) is 1.95. The summed E-state index contributed by atoms with van der Waals surface area (Å²) >= 11 is 0. The zero-order valence-corrected chi connectivity index (χ0v) is 11.4. The van der Waals surface area contributed by atoms with Crippen LogP contribution in [0.2, 0.25) is 0 Å². The van der Waals surface area contributed by atoms with Crippen molar-refractivity contribution in [2.75, 3.05) is 0 Å². The third kappa shape index (κ3) is 6.29. The molecule has 0 radical (unpaired) electrons. The number of rotatable bonds is 5. The summed E-state index contributed by atoms with van der Waals surface area (Å²) in [6.45, 7) is 10.8. The van der Waals surface area contributed by atoms with E-state index in [1.165, 1.54) is 5.56 Å². The smallest absolute Gasteiger partial charge is 0.119 e. The normalized spacial score (nSPS) is 11.9. The molecule has 0 fully saturated rings. The third-order valence-corrected chi connectivity index (χ3v) is 1.95. The van der Waals surface area contributed by atoms with Crippen molar-refractivity contribution in [1.29, 1.82) is 0 Å². The molecule has 0 aliphatic carbocycles. The van der Waals surface area contributed by atoms with Crippen LogP contribution in [-0.2, 0) is 11.4 Å². The van der Waals surface area contributed by atoms with Gasteiger partial charge in [-0.2, -0.15) is 5.48 Å². The number of benzene rings is 1. The Morgan fingerprint density at radius 2 is 1.71 bits per heavy atom. The van der Waals surface area contributed by atoms with Crippen LogP contribution in [-0.4, -0.2) is 11.7 Å². The van der Waals surface area contributed by atoms with Gasteiger partial charge in [-0.05, 0) is 52.3 Å². The second-order valence-electron chi connectivity index (χ2n) is 5.35. The van der Waals surface area contributed by atoms with Crippen LogP contribution in [0.5, 0.6) is 5.75 Å². The lowest BCUT2D eigenvalue weighted by molar-refractivity contribution is -0.0757. The maximum Gasteiger partial charge on any atom is 0.119 e. The predicted octanol–water partition coefficient (Wildman–Crippen LogP) is 3.29. The van der Waals surface area contributed by atoms with E-state index in [2.05, 4.69) is 5.48 Å². The first-order valence-electron chi connectivity index (χ1n) is 6.03. The predicted molar refractivity (Wildman–Crippen MR) is 69.9 cm³/mol. The van der Waals surface area contributed by atoms with Gasteiger partial charge in [0.1, 0.15) is 5.75 Å². The minimum atomic E-state index is -0.166. The summed E-state index contributed by atoms with van der Waals surface area (Å²) in [6, 6.07) is 8.04. The van der Waals surface area contributed by atoms with Gasteiger partial charge in [0.15, 0.2) is 0 Å². The molecule has 3 nitrogen and oxygen atoms in total. The highest BCUT2D eigenvalue weighted by Gasteiger charge is 2.09. The topological polar surface area (TPSA) is 30.5 Å². The summed E-state index contributed by atoms with van der Waals surface area (Å²) in [5, 5.41) is 0. The van der Waals surface area contributed by atoms with Crippen molar-refractivity contribution in [1.82, 2.24) is 5.48 Å². The summed E-state index contributed by atoms with van der Waals surface area (Å²) in [5.41, 5.74) is 3.97. The fraction of sp³-hybridized carbons (Fsp3) is 0.571. The second-order valence-corrected chi connectivity index (χ2v) is 5.35. The molecule has 0 aromatic heterocycles. The fourth-order valence-corrected chi connectivity index (χ4v) is 1.29.